The molecule has 1 aromatic heterocycles. The fraction of sp³-hybridized carbons (Fsp3) is 0.562. The van der Waals surface area contributed by atoms with Crippen molar-refractivity contribution in [1.29, 1.82) is 0 Å². The lowest BCUT2D eigenvalue weighted by Crippen LogP contribution is -2.37. The highest BCUT2D eigenvalue weighted by atomic mass is 16.6. The zero-order chi connectivity index (χ0) is 16.2. The van der Waals surface area contributed by atoms with E-state index in [9.17, 15) is 9.59 Å². The number of likely N-dealkylation sites (tertiary alicyclic amines) is 1. The Labute approximate surface area is 130 Å². The van der Waals surface area contributed by atoms with Crippen LogP contribution in [0.15, 0.2) is 24.4 Å². The average molecular weight is 305 g/mol. The minimum atomic E-state index is -0.517. The van der Waals surface area contributed by atoms with E-state index in [-0.39, 0.29) is 17.9 Å². The van der Waals surface area contributed by atoms with E-state index < -0.39 is 5.60 Å². The maximum atomic E-state index is 12.2. The number of pyridine rings is 1. The van der Waals surface area contributed by atoms with Gasteiger partial charge in [-0.05, 0) is 39.3 Å². The Balaban J connectivity index is 1.80. The Morgan fingerprint density at radius 2 is 2.18 bits per heavy atom. The molecule has 0 aliphatic carbocycles. The molecule has 6 nitrogen and oxygen atoms in total. The molecule has 1 aromatic rings. The normalized spacial score (nSPS) is 18.1. The Morgan fingerprint density at radius 1 is 1.41 bits per heavy atom. The second-order valence-corrected chi connectivity index (χ2v) is 6.45. The summed E-state index contributed by atoms with van der Waals surface area (Å²) >= 11 is 0. The monoisotopic (exact) mass is 305 g/mol. The molecule has 2 amide bonds. The third-order valence-corrected chi connectivity index (χ3v) is 3.38. The van der Waals surface area contributed by atoms with Crippen LogP contribution < -0.4 is 5.32 Å². The van der Waals surface area contributed by atoms with Crippen LogP contribution >= 0.6 is 0 Å². The molecule has 6 heteroatoms. The highest BCUT2D eigenvalue weighted by Gasteiger charge is 2.33. The first-order chi connectivity index (χ1) is 10.3. The fourth-order valence-corrected chi connectivity index (χ4v) is 2.29. The van der Waals surface area contributed by atoms with Crippen molar-refractivity contribution in [3.63, 3.8) is 0 Å². The molecule has 0 aromatic carbocycles. The van der Waals surface area contributed by atoms with Gasteiger partial charge >= 0.3 is 6.09 Å². The third-order valence-electron chi connectivity index (χ3n) is 3.38. The van der Waals surface area contributed by atoms with E-state index in [1.54, 1.807) is 11.1 Å². The number of carbonyl (C=O) groups is 2. The van der Waals surface area contributed by atoms with E-state index in [2.05, 4.69) is 10.3 Å². The minimum absolute atomic E-state index is 0.0447. The average Bonchev–Trinajstić information content (AvgIpc) is 2.94. The van der Waals surface area contributed by atoms with Crippen molar-refractivity contribution in [2.45, 2.75) is 39.3 Å². The van der Waals surface area contributed by atoms with Crippen molar-refractivity contribution < 1.29 is 14.3 Å². The number of carbonyl (C=O) groups excluding carboxylic acids is 2. The second kappa shape index (κ2) is 6.77. The van der Waals surface area contributed by atoms with Crippen LogP contribution in [0.2, 0.25) is 0 Å². The van der Waals surface area contributed by atoms with Crippen molar-refractivity contribution in [1.82, 2.24) is 15.2 Å². The van der Waals surface area contributed by atoms with Gasteiger partial charge in [0, 0.05) is 19.3 Å². The predicted octanol–water partition coefficient (Wildman–Crippen LogP) is 1.95. The lowest BCUT2D eigenvalue weighted by atomic mass is 10.1. The van der Waals surface area contributed by atoms with Gasteiger partial charge in [0.05, 0.1) is 18.2 Å². The van der Waals surface area contributed by atoms with Gasteiger partial charge in [-0.1, -0.05) is 6.07 Å². The molecule has 1 saturated heterocycles. The summed E-state index contributed by atoms with van der Waals surface area (Å²) in [5.74, 6) is -0.229. The number of hydrogen-bond donors (Lipinski definition) is 1. The molecular weight excluding hydrogens is 282 g/mol. The Bertz CT molecular complexity index is 525. The van der Waals surface area contributed by atoms with Gasteiger partial charge in [-0.3, -0.25) is 9.78 Å². The maximum Gasteiger partial charge on any atom is 0.410 e. The molecule has 0 saturated carbocycles. The topological polar surface area (TPSA) is 71.5 Å². The number of aromatic nitrogens is 1. The number of nitrogens with one attached hydrogen (secondary N) is 1. The number of hydrogen-bond acceptors (Lipinski definition) is 4. The van der Waals surface area contributed by atoms with Crippen LogP contribution in [0.5, 0.6) is 0 Å². The van der Waals surface area contributed by atoms with Crippen LogP contribution in [-0.2, 0) is 16.1 Å². The largest absolute Gasteiger partial charge is 0.444 e. The Hall–Kier alpha value is -2.11. The summed E-state index contributed by atoms with van der Waals surface area (Å²) in [7, 11) is 0. The molecule has 1 unspecified atom stereocenters. The summed E-state index contributed by atoms with van der Waals surface area (Å²) in [6.07, 6.45) is 2.00. The van der Waals surface area contributed by atoms with Gasteiger partial charge in [-0.15, -0.1) is 0 Å². The van der Waals surface area contributed by atoms with Crippen LogP contribution in [0.25, 0.3) is 0 Å². The van der Waals surface area contributed by atoms with Gasteiger partial charge in [0.1, 0.15) is 5.60 Å². The first-order valence-corrected chi connectivity index (χ1v) is 7.51. The van der Waals surface area contributed by atoms with Crippen molar-refractivity contribution >= 4 is 12.0 Å². The van der Waals surface area contributed by atoms with Gasteiger partial charge in [0.2, 0.25) is 5.91 Å². The first-order valence-electron chi connectivity index (χ1n) is 7.51. The summed E-state index contributed by atoms with van der Waals surface area (Å²) in [6.45, 7) is 6.86. The molecule has 1 aliphatic heterocycles. The maximum absolute atomic E-state index is 12.2. The van der Waals surface area contributed by atoms with E-state index in [0.29, 0.717) is 26.1 Å². The van der Waals surface area contributed by atoms with Crippen LogP contribution in [0.3, 0.4) is 0 Å². The third kappa shape index (κ3) is 4.72. The van der Waals surface area contributed by atoms with E-state index in [1.807, 2.05) is 39.0 Å². The zero-order valence-corrected chi connectivity index (χ0v) is 13.3. The molecule has 0 radical (unpaired) electrons. The molecule has 2 heterocycles. The minimum Gasteiger partial charge on any atom is -0.444 e. The van der Waals surface area contributed by atoms with Crippen LogP contribution in [0, 0.1) is 5.92 Å². The van der Waals surface area contributed by atoms with Gasteiger partial charge in [-0.2, -0.15) is 0 Å². The van der Waals surface area contributed by atoms with Crippen molar-refractivity contribution in [2.75, 3.05) is 13.1 Å². The number of nitrogens with zero attached hydrogens (tertiary/aromatic N) is 2. The molecule has 0 bridgehead atoms. The summed E-state index contributed by atoms with van der Waals surface area (Å²) in [5.41, 5.74) is 0.300. The molecule has 1 atom stereocenters. The predicted molar refractivity (Wildman–Crippen MR) is 82.0 cm³/mol. The van der Waals surface area contributed by atoms with E-state index in [1.165, 1.54) is 0 Å². The molecule has 1 N–H and O–H groups in total. The summed E-state index contributed by atoms with van der Waals surface area (Å²) in [5, 5.41) is 2.87. The second-order valence-electron chi connectivity index (χ2n) is 6.45. The van der Waals surface area contributed by atoms with Crippen LogP contribution in [0.1, 0.15) is 32.9 Å². The molecule has 22 heavy (non-hydrogen) atoms. The summed E-state index contributed by atoms with van der Waals surface area (Å²) in [4.78, 5) is 29.9. The number of rotatable bonds is 3. The summed E-state index contributed by atoms with van der Waals surface area (Å²) < 4.78 is 5.32. The smallest absolute Gasteiger partial charge is 0.410 e. The molecular formula is C16H23N3O3. The highest BCUT2D eigenvalue weighted by molar-refractivity contribution is 5.80. The molecule has 1 fully saturated rings. The highest BCUT2D eigenvalue weighted by Crippen LogP contribution is 2.19. The Morgan fingerprint density at radius 3 is 2.82 bits per heavy atom. The zero-order valence-electron chi connectivity index (χ0n) is 13.3. The number of ether oxygens (including phenoxy) is 1. The lowest BCUT2D eigenvalue weighted by molar-refractivity contribution is -0.124. The van der Waals surface area contributed by atoms with Gasteiger partial charge in [0.15, 0.2) is 0 Å². The first kappa shape index (κ1) is 16.3. The number of amides is 2. The molecule has 120 valence electrons. The van der Waals surface area contributed by atoms with Crippen LogP contribution in [-0.4, -0.2) is 40.6 Å². The summed E-state index contributed by atoms with van der Waals surface area (Å²) in [6, 6.07) is 5.58. The van der Waals surface area contributed by atoms with Crippen molar-refractivity contribution in [3.8, 4) is 0 Å². The van der Waals surface area contributed by atoms with Gasteiger partial charge < -0.3 is 15.0 Å². The molecule has 2 rings (SSSR count). The SMILES string of the molecule is CC(C)(C)OC(=O)N1CCC(C(=O)NCc2ccccn2)C1. The van der Waals surface area contributed by atoms with E-state index in [0.717, 1.165) is 5.69 Å². The van der Waals surface area contributed by atoms with E-state index >= 15 is 0 Å². The molecule has 1 aliphatic rings. The molecule has 0 spiro atoms. The van der Waals surface area contributed by atoms with Crippen molar-refractivity contribution in [2.24, 2.45) is 5.92 Å². The fourth-order valence-electron chi connectivity index (χ4n) is 2.29. The van der Waals surface area contributed by atoms with Crippen molar-refractivity contribution in [3.05, 3.63) is 30.1 Å². The van der Waals surface area contributed by atoms with Gasteiger partial charge in [0.25, 0.3) is 0 Å². The Kier molecular flexibility index (Phi) is 5.00. The lowest BCUT2D eigenvalue weighted by Gasteiger charge is -2.24. The van der Waals surface area contributed by atoms with Crippen LogP contribution in [0.4, 0.5) is 4.79 Å². The quantitative estimate of drug-likeness (QED) is 0.926. The van der Waals surface area contributed by atoms with E-state index in [4.69, 9.17) is 4.74 Å². The van der Waals surface area contributed by atoms with Gasteiger partial charge in [-0.25, -0.2) is 4.79 Å². The standard InChI is InChI=1S/C16H23N3O3/c1-16(2,3)22-15(21)19-9-7-12(11-19)14(20)18-10-13-6-4-5-8-17-13/h4-6,8,12H,7,9-11H2,1-3H3,(H,18,20).